The normalized spacial score (nSPS) is 10.5. The molecule has 0 unspecified atom stereocenters. The number of nitrogens with zero attached hydrogens (tertiary/aromatic N) is 1. The second-order valence-electron chi connectivity index (χ2n) is 5.83. The average molecular weight is 414 g/mol. The number of carbonyl (C=O) groups is 2. The van der Waals surface area contributed by atoms with Crippen molar-refractivity contribution in [2.45, 2.75) is 13.8 Å². The number of esters is 1. The summed E-state index contributed by atoms with van der Waals surface area (Å²) < 4.78 is 15.8. The van der Waals surface area contributed by atoms with Gasteiger partial charge in [-0.25, -0.2) is 4.79 Å². The summed E-state index contributed by atoms with van der Waals surface area (Å²) >= 11 is 0. The minimum absolute atomic E-state index is 0.139. The molecule has 0 atom stereocenters. The molecular formula is C21H22N2O7. The van der Waals surface area contributed by atoms with Gasteiger partial charge in [-0.2, -0.15) is 0 Å². The van der Waals surface area contributed by atoms with E-state index in [1.54, 1.807) is 24.3 Å². The van der Waals surface area contributed by atoms with Gasteiger partial charge in [-0.15, -0.1) is 0 Å². The summed E-state index contributed by atoms with van der Waals surface area (Å²) in [5.41, 5.74) is 0.569. The number of amides is 1. The number of nitro groups is 1. The van der Waals surface area contributed by atoms with E-state index in [2.05, 4.69) is 5.32 Å². The lowest BCUT2D eigenvalue weighted by Crippen LogP contribution is -2.20. The first kappa shape index (κ1) is 22.4. The van der Waals surface area contributed by atoms with E-state index in [0.717, 1.165) is 6.08 Å². The van der Waals surface area contributed by atoms with Crippen LogP contribution in [0, 0.1) is 10.1 Å². The summed E-state index contributed by atoms with van der Waals surface area (Å²) in [7, 11) is 0. The minimum atomic E-state index is -0.801. The quantitative estimate of drug-likeness (QED) is 0.273. The van der Waals surface area contributed by atoms with Crippen LogP contribution in [-0.2, 0) is 14.3 Å². The van der Waals surface area contributed by atoms with Crippen LogP contribution in [0.5, 0.6) is 11.5 Å². The fourth-order valence-electron chi connectivity index (χ4n) is 2.46. The van der Waals surface area contributed by atoms with Crippen molar-refractivity contribution in [3.8, 4) is 11.5 Å². The van der Waals surface area contributed by atoms with E-state index in [0.29, 0.717) is 30.4 Å². The predicted octanol–water partition coefficient (Wildman–Crippen LogP) is 3.59. The van der Waals surface area contributed by atoms with Crippen LogP contribution in [0.15, 0.2) is 48.5 Å². The van der Waals surface area contributed by atoms with Crippen LogP contribution in [0.3, 0.4) is 0 Å². The number of ether oxygens (including phenoxy) is 3. The van der Waals surface area contributed by atoms with Crippen molar-refractivity contribution < 1.29 is 28.7 Å². The molecule has 0 radical (unpaired) electrons. The lowest BCUT2D eigenvalue weighted by molar-refractivity contribution is -0.385. The Morgan fingerprint density at radius 2 is 1.77 bits per heavy atom. The van der Waals surface area contributed by atoms with Crippen LogP contribution in [0.25, 0.3) is 6.08 Å². The van der Waals surface area contributed by atoms with Gasteiger partial charge in [-0.3, -0.25) is 14.9 Å². The first-order valence-corrected chi connectivity index (χ1v) is 9.22. The Bertz CT molecular complexity index is 941. The van der Waals surface area contributed by atoms with Crippen LogP contribution in [0.1, 0.15) is 19.4 Å². The van der Waals surface area contributed by atoms with E-state index in [1.807, 2.05) is 13.8 Å². The van der Waals surface area contributed by atoms with Crippen molar-refractivity contribution in [2.24, 2.45) is 0 Å². The molecule has 30 heavy (non-hydrogen) atoms. The van der Waals surface area contributed by atoms with Gasteiger partial charge in [0.25, 0.3) is 11.6 Å². The van der Waals surface area contributed by atoms with Crippen LogP contribution < -0.4 is 14.8 Å². The third kappa shape index (κ3) is 6.62. The fourth-order valence-corrected chi connectivity index (χ4v) is 2.46. The number of anilines is 1. The summed E-state index contributed by atoms with van der Waals surface area (Å²) in [5, 5.41) is 13.6. The van der Waals surface area contributed by atoms with Gasteiger partial charge in [0, 0.05) is 23.9 Å². The van der Waals surface area contributed by atoms with Gasteiger partial charge in [0.2, 0.25) is 0 Å². The number of benzene rings is 2. The van der Waals surface area contributed by atoms with Gasteiger partial charge >= 0.3 is 5.97 Å². The molecular weight excluding hydrogens is 392 g/mol. The van der Waals surface area contributed by atoms with E-state index in [4.69, 9.17) is 14.2 Å². The van der Waals surface area contributed by atoms with Gasteiger partial charge in [0.15, 0.2) is 18.1 Å². The van der Waals surface area contributed by atoms with Crippen molar-refractivity contribution in [1.29, 1.82) is 0 Å². The largest absolute Gasteiger partial charge is 0.490 e. The highest BCUT2D eigenvalue weighted by Gasteiger charge is 2.12. The van der Waals surface area contributed by atoms with Crippen LogP contribution in [0.2, 0.25) is 0 Å². The Morgan fingerprint density at radius 1 is 1.07 bits per heavy atom. The van der Waals surface area contributed by atoms with Crippen molar-refractivity contribution in [3.63, 3.8) is 0 Å². The molecule has 2 aromatic rings. The second-order valence-corrected chi connectivity index (χ2v) is 5.83. The van der Waals surface area contributed by atoms with E-state index < -0.39 is 23.4 Å². The number of hydrogen-bond acceptors (Lipinski definition) is 7. The fraction of sp³-hybridized carbons (Fsp3) is 0.238. The maximum absolute atomic E-state index is 12.0. The molecule has 0 heterocycles. The molecule has 0 saturated heterocycles. The monoisotopic (exact) mass is 414 g/mol. The molecule has 0 saturated carbocycles. The van der Waals surface area contributed by atoms with Gasteiger partial charge < -0.3 is 19.5 Å². The van der Waals surface area contributed by atoms with E-state index >= 15 is 0 Å². The molecule has 2 aromatic carbocycles. The highest BCUT2D eigenvalue weighted by Crippen LogP contribution is 2.30. The molecule has 0 spiro atoms. The second kappa shape index (κ2) is 11.2. The predicted molar refractivity (Wildman–Crippen MR) is 110 cm³/mol. The number of nitrogens with one attached hydrogen (secondary N) is 1. The van der Waals surface area contributed by atoms with Crippen LogP contribution in [0.4, 0.5) is 11.4 Å². The SMILES string of the molecule is CCOc1ccc(NC(=O)COC(=O)/C=C/c2ccccc2[N+](=O)[O-])cc1OCC. The Hall–Kier alpha value is -3.88. The molecule has 9 nitrogen and oxygen atoms in total. The minimum Gasteiger partial charge on any atom is -0.490 e. The number of para-hydroxylation sites is 1. The van der Waals surface area contributed by atoms with Crippen LogP contribution >= 0.6 is 0 Å². The molecule has 1 N–H and O–H groups in total. The smallest absolute Gasteiger partial charge is 0.331 e. The highest BCUT2D eigenvalue weighted by molar-refractivity contribution is 5.95. The van der Waals surface area contributed by atoms with E-state index in [9.17, 15) is 19.7 Å². The van der Waals surface area contributed by atoms with Gasteiger partial charge in [0.05, 0.1) is 23.7 Å². The maximum atomic E-state index is 12.0. The Kier molecular flexibility index (Phi) is 8.37. The van der Waals surface area contributed by atoms with Crippen molar-refractivity contribution >= 4 is 29.3 Å². The molecule has 0 fully saturated rings. The maximum Gasteiger partial charge on any atom is 0.331 e. The number of carbonyl (C=O) groups excluding carboxylic acids is 2. The molecule has 0 aliphatic carbocycles. The molecule has 0 bridgehead atoms. The zero-order chi connectivity index (χ0) is 21.9. The molecule has 0 aliphatic heterocycles. The van der Waals surface area contributed by atoms with Crippen molar-refractivity contribution in [2.75, 3.05) is 25.1 Å². The Morgan fingerprint density at radius 3 is 2.47 bits per heavy atom. The molecule has 9 heteroatoms. The Labute approximate surface area is 173 Å². The van der Waals surface area contributed by atoms with Gasteiger partial charge in [-0.05, 0) is 38.1 Å². The summed E-state index contributed by atoms with van der Waals surface area (Å²) in [6.07, 6.45) is 2.29. The molecule has 0 aliphatic rings. The topological polar surface area (TPSA) is 117 Å². The first-order valence-electron chi connectivity index (χ1n) is 9.22. The molecule has 0 aromatic heterocycles. The zero-order valence-corrected chi connectivity index (χ0v) is 16.6. The molecule has 1 amide bonds. The van der Waals surface area contributed by atoms with Crippen molar-refractivity contribution in [3.05, 3.63) is 64.2 Å². The average Bonchev–Trinajstić information content (AvgIpc) is 2.73. The third-order valence-electron chi connectivity index (χ3n) is 3.71. The van der Waals surface area contributed by atoms with Crippen LogP contribution in [-0.4, -0.2) is 36.6 Å². The first-order chi connectivity index (χ1) is 14.4. The highest BCUT2D eigenvalue weighted by atomic mass is 16.6. The number of nitro benzene ring substituents is 1. The number of hydrogen-bond donors (Lipinski definition) is 1. The zero-order valence-electron chi connectivity index (χ0n) is 16.6. The summed E-state index contributed by atoms with van der Waals surface area (Å²) in [5.74, 6) is -0.301. The lowest BCUT2D eigenvalue weighted by atomic mass is 10.1. The summed E-state index contributed by atoms with van der Waals surface area (Å²) in [6, 6.07) is 10.9. The Balaban J connectivity index is 1.92. The van der Waals surface area contributed by atoms with E-state index in [-0.39, 0.29) is 11.3 Å². The summed E-state index contributed by atoms with van der Waals surface area (Å²) in [4.78, 5) is 34.3. The third-order valence-corrected chi connectivity index (χ3v) is 3.71. The van der Waals surface area contributed by atoms with Crippen molar-refractivity contribution in [1.82, 2.24) is 0 Å². The molecule has 2 rings (SSSR count). The molecule has 158 valence electrons. The van der Waals surface area contributed by atoms with Gasteiger partial charge in [-0.1, -0.05) is 12.1 Å². The van der Waals surface area contributed by atoms with Gasteiger partial charge in [0.1, 0.15) is 0 Å². The lowest BCUT2D eigenvalue weighted by Gasteiger charge is -2.13. The summed E-state index contributed by atoms with van der Waals surface area (Å²) in [6.45, 7) is 4.07. The standard InChI is InChI=1S/C21H22N2O7/c1-3-28-18-11-10-16(13-19(18)29-4-2)22-20(24)14-30-21(25)12-9-15-7-5-6-8-17(15)23(26)27/h5-13H,3-4,14H2,1-2H3,(H,22,24)/b12-9+. The van der Waals surface area contributed by atoms with E-state index in [1.165, 1.54) is 24.3 Å². The number of rotatable bonds is 10.